The zero-order chi connectivity index (χ0) is 21.3. The predicted molar refractivity (Wildman–Crippen MR) is 106 cm³/mol. The number of halogens is 1. The molecule has 0 aliphatic carbocycles. The van der Waals surface area contributed by atoms with Crippen molar-refractivity contribution >= 4 is 17.2 Å². The molecule has 1 saturated heterocycles. The Kier molecular flexibility index (Phi) is 5.29. The van der Waals surface area contributed by atoms with E-state index in [1.54, 1.807) is 12.3 Å². The Balaban J connectivity index is 1.78. The molecule has 4 heterocycles. The lowest BCUT2D eigenvalue weighted by atomic mass is 9.99. The van der Waals surface area contributed by atoms with E-state index in [1.807, 2.05) is 4.90 Å². The Morgan fingerprint density at radius 3 is 3.03 bits per heavy atom. The molecule has 1 fully saturated rings. The van der Waals surface area contributed by atoms with Gasteiger partial charge in [0.2, 0.25) is 5.65 Å². The maximum absolute atomic E-state index is 14.1. The molecule has 1 aliphatic rings. The standard InChI is InChI=1S/C20H19FN6O3/c1-13-8-17(15-9-14(21)10-22-16(15)4-2-3-7-28)25(12-13)19-5-6-26-20(24-19)18(11-23-26)27(29)30/h5-6,9-11,13,17,28H,3,7-8,12H2,1H3/t13-,17?/m1/s1. The van der Waals surface area contributed by atoms with Crippen LogP contribution in [-0.2, 0) is 0 Å². The van der Waals surface area contributed by atoms with Crippen molar-refractivity contribution in [2.45, 2.75) is 25.8 Å². The number of nitrogens with zero attached hydrogens (tertiary/aromatic N) is 6. The molecule has 2 atom stereocenters. The fourth-order valence-corrected chi connectivity index (χ4v) is 3.75. The van der Waals surface area contributed by atoms with Gasteiger partial charge in [-0.1, -0.05) is 12.8 Å². The molecule has 0 saturated carbocycles. The van der Waals surface area contributed by atoms with E-state index in [4.69, 9.17) is 5.11 Å². The van der Waals surface area contributed by atoms with Gasteiger partial charge in [-0.25, -0.2) is 18.9 Å². The van der Waals surface area contributed by atoms with Gasteiger partial charge in [-0.15, -0.1) is 0 Å². The lowest BCUT2D eigenvalue weighted by molar-refractivity contribution is -0.383. The second kappa shape index (κ2) is 8.04. The molecule has 1 unspecified atom stereocenters. The normalized spacial score (nSPS) is 18.4. The number of fused-ring (bicyclic) bond motifs is 1. The van der Waals surface area contributed by atoms with E-state index in [2.05, 4.69) is 33.8 Å². The minimum atomic E-state index is -0.519. The Hall–Kier alpha value is -3.58. The van der Waals surface area contributed by atoms with Crippen LogP contribution in [0, 0.1) is 33.7 Å². The average Bonchev–Trinajstić information content (AvgIpc) is 3.32. The molecule has 154 valence electrons. The van der Waals surface area contributed by atoms with Crippen molar-refractivity contribution in [3.63, 3.8) is 0 Å². The first-order chi connectivity index (χ1) is 14.5. The fraction of sp³-hybridized carbons (Fsp3) is 0.350. The van der Waals surface area contributed by atoms with Gasteiger partial charge >= 0.3 is 5.69 Å². The van der Waals surface area contributed by atoms with Crippen LogP contribution in [0.2, 0.25) is 0 Å². The van der Waals surface area contributed by atoms with Gasteiger partial charge in [0.15, 0.2) is 0 Å². The van der Waals surface area contributed by atoms with Crippen LogP contribution in [0.5, 0.6) is 0 Å². The minimum absolute atomic E-state index is 0.0653. The first-order valence-electron chi connectivity index (χ1n) is 9.48. The Labute approximate surface area is 171 Å². The van der Waals surface area contributed by atoms with Crippen molar-refractivity contribution in [3.8, 4) is 11.8 Å². The molecule has 0 radical (unpaired) electrons. The summed E-state index contributed by atoms with van der Waals surface area (Å²) in [5, 5.41) is 24.2. The number of nitro groups is 1. The molecule has 0 aromatic carbocycles. The number of aliphatic hydroxyl groups excluding tert-OH is 1. The van der Waals surface area contributed by atoms with Crippen LogP contribution in [0.4, 0.5) is 15.9 Å². The maximum Gasteiger partial charge on any atom is 0.333 e. The second-order valence-corrected chi connectivity index (χ2v) is 7.22. The summed E-state index contributed by atoms with van der Waals surface area (Å²) in [6, 6.07) is 2.92. The first-order valence-corrected chi connectivity index (χ1v) is 9.48. The highest BCUT2D eigenvalue weighted by Crippen LogP contribution is 2.39. The van der Waals surface area contributed by atoms with Crippen molar-refractivity contribution in [1.29, 1.82) is 0 Å². The van der Waals surface area contributed by atoms with Crippen LogP contribution in [-0.4, -0.2) is 42.8 Å². The van der Waals surface area contributed by atoms with Crippen LogP contribution >= 0.6 is 0 Å². The van der Waals surface area contributed by atoms with Crippen molar-refractivity contribution in [2.75, 3.05) is 18.1 Å². The van der Waals surface area contributed by atoms with E-state index in [9.17, 15) is 14.5 Å². The quantitative estimate of drug-likeness (QED) is 0.400. The Morgan fingerprint density at radius 1 is 1.43 bits per heavy atom. The van der Waals surface area contributed by atoms with Crippen molar-refractivity contribution < 1.29 is 14.4 Å². The van der Waals surface area contributed by atoms with Crippen molar-refractivity contribution in [2.24, 2.45) is 5.92 Å². The molecule has 0 spiro atoms. The summed E-state index contributed by atoms with van der Waals surface area (Å²) in [7, 11) is 0. The van der Waals surface area contributed by atoms with Gasteiger partial charge in [-0.3, -0.25) is 10.1 Å². The molecule has 0 bridgehead atoms. The Morgan fingerprint density at radius 2 is 2.27 bits per heavy atom. The van der Waals surface area contributed by atoms with Crippen LogP contribution in [0.15, 0.2) is 30.7 Å². The maximum atomic E-state index is 14.1. The van der Waals surface area contributed by atoms with Gasteiger partial charge in [0.25, 0.3) is 0 Å². The topological polar surface area (TPSA) is 110 Å². The highest BCUT2D eigenvalue weighted by Gasteiger charge is 2.34. The summed E-state index contributed by atoms with van der Waals surface area (Å²) in [5.41, 5.74) is 1.06. The number of aromatic nitrogens is 4. The van der Waals surface area contributed by atoms with Crippen LogP contribution in [0.25, 0.3) is 5.65 Å². The second-order valence-electron chi connectivity index (χ2n) is 7.22. The minimum Gasteiger partial charge on any atom is -0.395 e. The SMILES string of the molecule is C[C@@H]1CC(c2cc(F)cnc2C#CCCO)N(c2ccn3ncc([N+](=O)[O-])c3n2)C1. The lowest BCUT2D eigenvalue weighted by Crippen LogP contribution is -2.25. The highest BCUT2D eigenvalue weighted by atomic mass is 19.1. The molecule has 3 aromatic heterocycles. The first kappa shape index (κ1) is 19.7. The highest BCUT2D eigenvalue weighted by molar-refractivity contribution is 5.62. The molecular formula is C20H19FN6O3. The molecule has 4 rings (SSSR count). The third-order valence-electron chi connectivity index (χ3n) is 5.02. The number of hydrogen-bond donors (Lipinski definition) is 1. The van der Waals surface area contributed by atoms with Gasteiger partial charge in [-0.05, 0) is 30.4 Å². The molecule has 0 amide bonds. The van der Waals surface area contributed by atoms with E-state index in [0.717, 1.165) is 12.6 Å². The van der Waals surface area contributed by atoms with E-state index >= 15 is 0 Å². The summed E-state index contributed by atoms with van der Waals surface area (Å²) in [6.45, 7) is 2.66. The van der Waals surface area contributed by atoms with E-state index < -0.39 is 10.7 Å². The number of aliphatic hydroxyl groups is 1. The van der Waals surface area contributed by atoms with Crippen LogP contribution < -0.4 is 4.90 Å². The third-order valence-corrected chi connectivity index (χ3v) is 5.02. The van der Waals surface area contributed by atoms with Gasteiger partial charge in [0, 0.05) is 24.7 Å². The largest absolute Gasteiger partial charge is 0.395 e. The zero-order valence-corrected chi connectivity index (χ0v) is 16.2. The molecule has 1 aliphatic heterocycles. The van der Waals surface area contributed by atoms with Gasteiger partial charge in [0.1, 0.15) is 23.5 Å². The van der Waals surface area contributed by atoms with Crippen molar-refractivity contribution in [1.82, 2.24) is 19.6 Å². The van der Waals surface area contributed by atoms with Gasteiger partial charge in [-0.2, -0.15) is 5.10 Å². The molecule has 9 nitrogen and oxygen atoms in total. The van der Waals surface area contributed by atoms with E-state index in [-0.39, 0.29) is 29.9 Å². The van der Waals surface area contributed by atoms with Crippen molar-refractivity contribution in [3.05, 3.63) is 57.9 Å². The number of hydrogen-bond acceptors (Lipinski definition) is 7. The molecule has 1 N–H and O–H groups in total. The predicted octanol–water partition coefficient (Wildman–Crippen LogP) is 2.49. The number of anilines is 1. The monoisotopic (exact) mass is 410 g/mol. The molecule has 3 aromatic rings. The number of rotatable bonds is 4. The molecule has 10 heteroatoms. The Bertz CT molecular complexity index is 1170. The average molecular weight is 410 g/mol. The fourth-order valence-electron chi connectivity index (χ4n) is 3.75. The molecular weight excluding hydrogens is 391 g/mol. The summed E-state index contributed by atoms with van der Waals surface area (Å²) in [5.74, 6) is 6.11. The lowest BCUT2D eigenvalue weighted by Gasteiger charge is -2.26. The van der Waals surface area contributed by atoms with Gasteiger partial charge < -0.3 is 10.0 Å². The van der Waals surface area contributed by atoms with E-state index in [0.29, 0.717) is 30.0 Å². The summed E-state index contributed by atoms with van der Waals surface area (Å²) in [6.07, 6.45) is 4.94. The van der Waals surface area contributed by atoms with E-state index in [1.165, 1.54) is 16.8 Å². The van der Waals surface area contributed by atoms with Crippen LogP contribution in [0.1, 0.15) is 37.1 Å². The number of pyridine rings is 1. The summed E-state index contributed by atoms with van der Waals surface area (Å²) >= 11 is 0. The molecule has 30 heavy (non-hydrogen) atoms. The smallest absolute Gasteiger partial charge is 0.333 e. The summed E-state index contributed by atoms with van der Waals surface area (Å²) in [4.78, 5) is 21.4. The van der Waals surface area contributed by atoms with Gasteiger partial charge in [0.05, 0.1) is 23.8 Å². The third kappa shape index (κ3) is 3.67. The van der Waals surface area contributed by atoms with Crippen LogP contribution in [0.3, 0.4) is 0 Å². The zero-order valence-electron chi connectivity index (χ0n) is 16.2. The summed E-state index contributed by atoms with van der Waals surface area (Å²) < 4.78 is 15.4.